The van der Waals surface area contributed by atoms with Gasteiger partial charge in [-0.25, -0.2) is 0 Å². The third kappa shape index (κ3) is 12.8. The summed E-state index contributed by atoms with van der Waals surface area (Å²) in [6.45, 7) is -5.33. The lowest BCUT2D eigenvalue weighted by molar-refractivity contribution is -0.150. The second-order valence-electron chi connectivity index (χ2n) is 10.7. The molecular formula is C24H48N4O18. The van der Waals surface area contributed by atoms with Crippen LogP contribution in [-0.2, 0) is 14.4 Å². The summed E-state index contributed by atoms with van der Waals surface area (Å²) in [5.74, 6) is -4.12. The third-order valence-electron chi connectivity index (χ3n) is 7.03. The van der Waals surface area contributed by atoms with Crippen LogP contribution in [0.3, 0.4) is 0 Å². The maximum absolute atomic E-state index is 12.6. The van der Waals surface area contributed by atoms with Crippen LogP contribution in [0.25, 0.3) is 0 Å². The molecule has 12 atom stereocenters. The second kappa shape index (κ2) is 20.9. The molecule has 0 aromatic rings. The Balaban J connectivity index is 6.07. The van der Waals surface area contributed by atoms with Crippen molar-refractivity contribution in [2.24, 2.45) is 5.41 Å². The van der Waals surface area contributed by atoms with Crippen molar-refractivity contribution in [1.82, 2.24) is 21.3 Å². The standard InChI is InChI=1S/C24H48N4O18/c1-25-5-24(6-26-21(44)18(41)15(38)12(35)9(32)2-29,7-27-22(45)19(42)16(39)13(36)10(33)3-30)8-28-23(46)20(43)17(40)14(37)11(34)4-31/h9-20,25,29-43H,2-8H2,1H3,(H,26,44)(H,27,45)(H,28,46). The first-order valence-corrected chi connectivity index (χ1v) is 13.8. The van der Waals surface area contributed by atoms with E-state index in [2.05, 4.69) is 21.3 Å². The highest BCUT2D eigenvalue weighted by atomic mass is 16.4. The Labute approximate surface area is 262 Å². The van der Waals surface area contributed by atoms with Crippen LogP contribution in [0.15, 0.2) is 0 Å². The van der Waals surface area contributed by atoms with Crippen molar-refractivity contribution in [3.63, 3.8) is 0 Å². The van der Waals surface area contributed by atoms with E-state index in [1.54, 1.807) is 0 Å². The van der Waals surface area contributed by atoms with Crippen LogP contribution in [0, 0.1) is 5.41 Å². The smallest absolute Gasteiger partial charge is 0.251 e. The van der Waals surface area contributed by atoms with Gasteiger partial charge in [0.25, 0.3) is 17.7 Å². The predicted molar refractivity (Wildman–Crippen MR) is 149 cm³/mol. The van der Waals surface area contributed by atoms with Gasteiger partial charge < -0.3 is 97.9 Å². The van der Waals surface area contributed by atoms with Gasteiger partial charge in [-0.1, -0.05) is 0 Å². The van der Waals surface area contributed by atoms with E-state index in [1.807, 2.05) is 0 Å². The maximum atomic E-state index is 12.6. The minimum Gasteiger partial charge on any atom is -0.394 e. The molecule has 22 heteroatoms. The molecule has 0 bridgehead atoms. The van der Waals surface area contributed by atoms with Gasteiger partial charge in [0, 0.05) is 31.6 Å². The molecule has 3 amide bonds. The lowest BCUT2D eigenvalue weighted by Crippen LogP contribution is -2.60. The van der Waals surface area contributed by atoms with Gasteiger partial charge in [-0.15, -0.1) is 0 Å². The highest BCUT2D eigenvalue weighted by Gasteiger charge is 2.40. The van der Waals surface area contributed by atoms with Gasteiger partial charge in [0.1, 0.15) is 54.9 Å². The number of amides is 3. The van der Waals surface area contributed by atoms with Crippen LogP contribution in [0.4, 0.5) is 0 Å². The zero-order valence-corrected chi connectivity index (χ0v) is 24.8. The Morgan fingerprint density at radius 3 is 0.891 bits per heavy atom. The van der Waals surface area contributed by atoms with Crippen LogP contribution < -0.4 is 21.3 Å². The van der Waals surface area contributed by atoms with Gasteiger partial charge in [0.15, 0.2) is 18.3 Å². The van der Waals surface area contributed by atoms with Crippen molar-refractivity contribution >= 4 is 17.7 Å². The number of hydrogen-bond acceptors (Lipinski definition) is 19. The monoisotopic (exact) mass is 680 g/mol. The molecule has 0 saturated heterocycles. The lowest BCUT2D eigenvalue weighted by Gasteiger charge is -2.36. The molecule has 0 aromatic carbocycles. The Morgan fingerprint density at radius 2 is 0.696 bits per heavy atom. The van der Waals surface area contributed by atoms with E-state index in [0.717, 1.165) is 0 Å². The highest BCUT2D eigenvalue weighted by Crippen LogP contribution is 2.16. The van der Waals surface area contributed by atoms with Gasteiger partial charge >= 0.3 is 0 Å². The molecule has 0 saturated carbocycles. The fourth-order valence-corrected chi connectivity index (χ4v) is 3.92. The summed E-state index contributed by atoms with van der Waals surface area (Å²) in [5, 5.41) is 154. The quantitative estimate of drug-likeness (QED) is 0.0476. The van der Waals surface area contributed by atoms with Crippen molar-refractivity contribution in [3.05, 3.63) is 0 Å². The van der Waals surface area contributed by atoms with E-state index in [9.17, 15) is 75.7 Å². The first kappa shape index (κ1) is 43.8. The third-order valence-corrected chi connectivity index (χ3v) is 7.03. The molecule has 46 heavy (non-hydrogen) atoms. The van der Waals surface area contributed by atoms with E-state index in [4.69, 9.17) is 15.3 Å². The summed E-state index contributed by atoms with van der Waals surface area (Å²) in [4.78, 5) is 37.8. The van der Waals surface area contributed by atoms with Crippen molar-refractivity contribution in [2.75, 3.05) is 53.0 Å². The van der Waals surface area contributed by atoms with Gasteiger partial charge in [-0.05, 0) is 7.05 Å². The van der Waals surface area contributed by atoms with Crippen molar-refractivity contribution in [3.8, 4) is 0 Å². The van der Waals surface area contributed by atoms with E-state index in [-0.39, 0.29) is 6.54 Å². The Kier molecular flexibility index (Phi) is 19.9. The highest BCUT2D eigenvalue weighted by molar-refractivity contribution is 5.82. The second-order valence-corrected chi connectivity index (χ2v) is 10.7. The van der Waals surface area contributed by atoms with Crippen LogP contribution in [0.5, 0.6) is 0 Å². The molecule has 0 rings (SSSR count). The van der Waals surface area contributed by atoms with E-state index in [1.165, 1.54) is 7.05 Å². The average molecular weight is 681 g/mol. The fourth-order valence-electron chi connectivity index (χ4n) is 3.92. The molecule has 0 aliphatic carbocycles. The topological polar surface area (TPSA) is 403 Å². The van der Waals surface area contributed by atoms with Crippen LogP contribution in [0.2, 0.25) is 0 Å². The lowest BCUT2D eigenvalue weighted by atomic mass is 9.86. The minimum atomic E-state index is -2.40. The molecule has 0 radical (unpaired) electrons. The molecule has 0 fully saturated rings. The molecule has 22 nitrogen and oxygen atoms in total. The summed E-state index contributed by atoms with van der Waals surface area (Å²) in [7, 11) is 1.36. The molecule has 0 aromatic heterocycles. The number of aliphatic hydroxyl groups excluding tert-OH is 15. The normalized spacial score (nSPS) is 21.1. The van der Waals surface area contributed by atoms with Crippen molar-refractivity contribution in [1.29, 1.82) is 0 Å². The SMILES string of the molecule is CNCC(CNC(=O)C(O)C(O)C(O)C(O)CO)(CNC(=O)C(O)C(O)C(O)C(O)CO)CNC(=O)C(O)C(O)C(O)C(O)CO. The van der Waals surface area contributed by atoms with Crippen LogP contribution in [0.1, 0.15) is 0 Å². The number of rotatable bonds is 23. The van der Waals surface area contributed by atoms with Crippen LogP contribution >= 0.6 is 0 Å². The molecule has 0 spiro atoms. The zero-order valence-electron chi connectivity index (χ0n) is 24.8. The van der Waals surface area contributed by atoms with Crippen LogP contribution in [-0.4, -0.2) is 221 Å². The summed E-state index contributed by atoms with van der Waals surface area (Å²) < 4.78 is 0. The Hall–Kier alpha value is -2.23. The molecule has 12 unspecified atom stereocenters. The van der Waals surface area contributed by atoms with E-state index < -0.39 is 136 Å². The summed E-state index contributed by atoms with van der Waals surface area (Å²) in [6.07, 6.45) is -26.5. The predicted octanol–water partition coefficient (Wildman–Crippen LogP) is -12.2. The van der Waals surface area contributed by atoms with Crippen molar-refractivity contribution in [2.45, 2.75) is 73.2 Å². The Morgan fingerprint density at radius 1 is 0.457 bits per heavy atom. The average Bonchev–Trinajstić information content (AvgIpc) is 3.07. The fraction of sp³-hybridized carbons (Fsp3) is 0.875. The van der Waals surface area contributed by atoms with Gasteiger partial charge in [-0.2, -0.15) is 0 Å². The van der Waals surface area contributed by atoms with Gasteiger partial charge in [-0.3, -0.25) is 14.4 Å². The zero-order chi connectivity index (χ0) is 35.9. The molecular weight excluding hydrogens is 632 g/mol. The minimum absolute atomic E-state index is 0.270. The maximum Gasteiger partial charge on any atom is 0.251 e. The molecule has 0 aliphatic heterocycles. The largest absolute Gasteiger partial charge is 0.394 e. The summed E-state index contributed by atoms with van der Waals surface area (Å²) in [6, 6.07) is 0. The number of carbonyl (C=O) groups excluding carboxylic acids is 3. The van der Waals surface area contributed by atoms with Gasteiger partial charge in [0.2, 0.25) is 0 Å². The summed E-state index contributed by atoms with van der Waals surface area (Å²) in [5.41, 5.74) is -1.63. The number of nitrogens with one attached hydrogen (secondary N) is 4. The Bertz CT molecular complexity index is 813. The molecule has 0 heterocycles. The van der Waals surface area contributed by atoms with Crippen molar-refractivity contribution < 1.29 is 91.0 Å². The van der Waals surface area contributed by atoms with E-state index in [0.29, 0.717) is 0 Å². The first-order valence-electron chi connectivity index (χ1n) is 13.8. The first-order chi connectivity index (χ1) is 21.4. The number of aliphatic hydroxyl groups is 15. The number of carbonyl (C=O) groups is 3. The van der Waals surface area contributed by atoms with E-state index >= 15 is 0 Å². The summed E-state index contributed by atoms with van der Waals surface area (Å²) >= 11 is 0. The molecule has 272 valence electrons. The molecule has 0 aliphatic rings. The number of hydrogen-bond donors (Lipinski definition) is 19. The van der Waals surface area contributed by atoms with Gasteiger partial charge in [0.05, 0.1) is 19.8 Å². The molecule has 19 N–H and O–H groups in total.